The maximum atomic E-state index is 5.91. The highest BCUT2D eigenvalue weighted by Crippen LogP contribution is 2.31. The third-order valence-corrected chi connectivity index (χ3v) is 3.95. The lowest BCUT2D eigenvalue weighted by Gasteiger charge is -2.36. The molecule has 3 fully saturated rings. The third kappa shape index (κ3) is 3.41. The van der Waals surface area contributed by atoms with E-state index in [9.17, 15) is 0 Å². The minimum atomic E-state index is 0.298. The van der Waals surface area contributed by atoms with Gasteiger partial charge in [0.05, 0.1) is 45.2 Å². The molecule has 1 saturated carbocycles. The van der Waals surface area contributed by atoms with E-state index in [2.05, 4.69) is 0 Å². The summed E-state index contributed by atoms with van der Waals surface area (Å²) in [6.07, 6.45) is 5.91. The number of hydrogen-bond acceptors (Lipinski definition) is 4. The quantitative estimate of drug-likeness (QED) is 0.698. The van der Waals surface area contributed by atoms with Crippen LogP contribution in [0.1, 0.15) is 25.7 Å². The number of hydrogen-bond donors (Lipinski definition) is 0. The Morgan fingerprint density at radius 3 is 2.76 bits per heavy atom. The Hall–Kier alpha value is -0.160. The van der Waals surface area contributed by atoms with Crippen LogP contribution in [0.4, 0.5) is 0 Å². The molecule has 0 aromatic heterocycles. The van der Waals surface area contributed by atoms with Crippen molar-refractivity contribution in [2.24, 2.45) is 5.92 Å². The number of ether oxygens (including phenoxy) is 4. The van der Waals surface area contributed by atoms with Gasteiger partial charge >= 0.3 is 0 Å². The molecule has 4 unspecified atom stereocenters. The molecule has 2 saturated heterocycles. The lowest BCUT2D eigenvalue weighted by atomic mass is 9.83. The number of epoxide rings is 1. The summed E-state index contributed by atoms with van der Waals surface area (Å²) < 4.78 is 22.4. The SMILES string of the molecule is C1CC(OCC2CO2)CC(C2COCCO2)C1. The molecule has 1 aliphatic carbocycles. The Balaban J connectivity index is 1.44. The third-order valence-electron chi connectivity index (χ3n) is 3.95. The van der Waals surface area contributed by atoms with Crippen LogP contribution < -0.4 is 0 Å². The highest BCUT2D eigenvalue weighted by Gasteiger charge is 2.32. The van der Waals surface area contributed by atoms with Gasteiger partial charge in [0, 0.05) is 0 Å². The molecule has 4 nitrogen and oxygen atoms in total. The van der Waals surface area contributed by atoms with Gasteiger partial charge in [-0.1, -0.05) is 6.42 Å². The van der Waals surface area contributed by atoms with Gasteiger partial charge < -0.3 is 18.9 Å². The highest BCUT2D eigenvalue weighted by molar-refractivity contribution is 4.81. The van der Waals surface area contributed by atoms with Gasteiger partial charge in [-0.3, -0.25) is 0 Å². The second-order valence-electron chi connectivity index (χ2n) is 5.32. The van der Waals surface area contributed by atoms with Crippen molar-refractivity contribution >= 4 is 0 Å². The smallest absolute Gasteiger partial charge is 0.104 e. The summed E-state index contributed by atoms with van der Waals surface area (Å²) in [5, 5.41) is 0. The van der Waals surface area contributed by atoms with Crippen molar-refractivity contribution in [1.82, 2.24) is 0 Å². The van der Waals surface area contributed by atoms with Crippen LogP contribution in [0.25, 0.3) is 0 Å². The van der Waals surface area contributed by atoms with Gasteiger partial charge in [-0.2, -0.15) is 0 Å². The summed E-state index contributed by atoms with van der Waals surface area (Å²) in [7, 11) is 0. The summed E-state index contributed by atoms with van der Waals surface area (Å²) in [5.74, 6) is 0.620. The molecule has 98 valence electrons. The van der Waals surface area contributed by atoms with Crippen molar-refractivity contribution in [1.29, 1.82) is 0 Å². The molecule has 0 aromatic rings. The molecule has 0 radical (unpaired) electrons. The molecule has 0 spiro atoms. The van der Waals surface area contributed by atoms with E-state index < -0.39 is 0 Å². The molecule has 17 heavy (non-hydrogen) atoms. The summed E-state index contributed by atoms with van der Waals surface area (Å²) in [6, 6.07) is 0. The van der Waals surface area contributed by atoms with Crippen molar-refractivity contribution < 1.29 is 18.9 Å². The fraction of sp³-hybridized carbons (Fsp3) is 1.00. The Labute approximate surface area is 103 Å². The zero-order valence-electron chi connectivity index (χ0n) is 10.3. The molecule has 0 amide bonds. The standard InChI is InChI=1S/C13H22O4/c1-2-10(13-9-14-4-5-15-13)6-11(3-1)16-7-12-8-17-12/h10-13H,1-9H2. The number of rotatable bonds is 4. The minimum Gasteiger partial charge on any atom is -0.376 e. The Morgan fingerprint density at radius 2 is 2.00 bits per heavy atom. The van der Waals surface area contributed by atoms with E-state index in [4.69, 9.17) is 18.9 Å². The first kappa shape index (κ1) is 11.9. The minimum absolute atomic E-state index is 0.298. The molecular formula is C13H22O4. The van der Waals surface area contributed by atoms with Gasteiger partial charge in [0.2, 0.25) is 0 Å². The van der Waals surface area contributed by atoms with Crippen LogP contribution in [0.5, 0.6) is 0 Å². The molecule has 2 aliphatic heterocycles. The average molecular weight is 242 g/mol. The van der Waals surface area contributed by atoms with E-state index in [1.165, 1.54) is 19.3 Å². The summed E-state index contributed by atoms with van der Waals surface area (Å²) >= 11 is 0. The van der Waals surface area contributed by atoms with Crippen molar-refractivity contribution in [2.45, 2.75) is 44.0 Å². The monoisotopic (exact) mass is 242 g/mol. The van der Waals surface area contributed by atoms with Gasteiger partial charge in [-0.15, -0.1) is 0 Å². The first-order valence-electron chi connectivity index (χ1n) is 6.84. The predicted molar refractivity (Wildman–Crippen MR) is 62.0 cm³/mol. The van der Waals surface area contributed by atoms with Crippen LogP contribution >= 0.6 is 0 Å². The fourth-order valence-corrected chi connectivity index (χ4v) is 2.86. The lowest BCUT2D eigenvalue weighted by Crippen LogP contribution is -2.39. The van der Waals surface area contributed by atoms with Crippen LogP contribution in [0, 0.1) is 5.92 Å². The van der Waals surface area contributed by atoms with Crippen LogP contribution in [0.2, 0.25) is 0 Å². The molecule has 3 aliphatic rings. The lowest BCUT2D eigenvalue weighted by molar-refractivity contribution is -0.126. The topological polar surface area (TPSA) is 40.2 Å². The molecule has 0 N–H and O–H groups in total. The highest BCUT2D eigenvalue weighted by atomic mass is 16.6. The van der Waals surface area contributed by atoms with Gasteiger partial charge in [0.1, 0.15) is 6.10 Å². The molecule has 0 aromatic carbocycles. The normalized spacial score (nSPS) is 42.4. The van der Waals surface area contributed by atoms with E-state index in [1.807, 2.05) is 0 Å². The zero-order valence-corrected chi connectivity index (χ0v) is 10.3. The Bertz CT molecular complexity index is 236. The summed E-state index contributed by atoms with van der Waals surface area (Å²) in [4.78, 5) is 0. The van der Waals surface area contributed by atoms with Crippen LogP contribution in [0.3, 0.4) is 0 Å². The van der Waals surface area contributed by atoms with Crippen molar-refractivity contribution in [3.8, 4) is 0 Å². The maximum absolute atomic E-state index is 5.91. The van der Waals surface area contributed by atoms with Gasteiger partial charge in [-0.05, 0) is 25.2 Å². The van der Waals surface area contributed by atoms with Crippen LogP contribution in [0.15, 0.2) is 0 Å². The van der Waals surface area contributed by atoms with Gasteiger partial charge in [-0.25, -0.2) is 0 Å². The predicted octanol–water partition coefficient (Wildman–Crippen LogP) is 1.38. The molecule has 4 atom stereocenters. The fourth-order valence-electron chi connectivity index (χ4n) is 2.86. The average Bonchev–Trinajstić information content (AvgIpc) is 3.22. The molecular weight excluding hydrogens is 220 g/mol. The first-order chi connectivity index (χ1) is 8.42. The summed E-state index contributed by atoms with van der Waals surface area (Å²) in [5.41, 5.74) is 0. The Morgan fingerprint density at radius 1 is 1.06 bits per heavy atom. The Kier molecular flexibility index (Phi) is 3.96. The van der Waals surface area contributed by atoms with E-state index in [0.717, 1.165) is 39.5 Å². The van der Waals surface area contributed by atoms with Crippen LogP contribution in [-0.4, -0.2) is 51.3 Å². The van der Waals surface area contributed by atoms with E-state index in [-0.39, 0.29) is 0 Å². The van der Waals surface area contributed by atoms with Crippen molar-refractivity contribution in [3.05, 3.63) is 0 Å². The maximum Gasteiger partial charge on any atom is 0.104 e. The molecule has 0 bridgehead atoms. The second kappa shape index (κ2) is 5.65. The van der Waals surface area contributed by atoms with Crippen molar-refractivity contribution in [3.63, 3.8) is 0 Å². The molecule has 2 heterocycles. The van der Waals surface area contributed by atoms with Crippen LogP contribution in [-0.2, 0) is 18.9 Å². The zero-order chi connectivity index (χ0) is 11.5. The summed E-state index contributed by atoms with van der Waals surface area (Å²) in [6.45, 7) is 3.93. The van der Waals surface area contributed by atoms with Gasteiger partial charge in [0.15, 0.2) is 0 Å². The first-order valence-corrected chi connectivity index (χ1v) is 6.84. The van der Waals surface area contributed by atoms with E-state index in [1.54, 1.807) is 0 Å². The largest absolute Gasteiger partial charge is 0.376 e. The van der Waals surface area contributed by atoms with E-state index >= 15 is 0 Å². The second-order valence-corrected chi connectivity index (χ2v) is 5.32. The van der Waals surface area contributed by atoms with Crippen molar-refractivity contribution in [2.75, 3.05) is 33.0 Å². The molecule has 4 heteroatoms. The van der Waals surface area contributed by atoms with E-state index in [0.29, 0.717) is 24.2 Å². The van der Waals surface area contributed by atoms with Gasteiger partial charge in [0.25, 0.3) is 0 Å². The molecule has 3 rings (SSSR count).